The monoisotopic (exact) mass is 378 g/mol. The molecule has 0 saturated carbocycles. The number of carbonyl (C=O) groups excluding carboxylic acids is 1. The molecule has 8 heteroatoms. The number of ether oxygens (including phenoxy) is 1. The van der Waals surface area contributed by atoms with E-state index in [1.807, 2.05) is 37.3 Å². The lowest BCUT2D eigenvalue weighted by Crippen LogP contribution is -2.34. The van der Waals surface area contributed by atoms with Crippen molar-refractivity contribution in [1.29, 1.82) is 0 Å². The minimum Gasteiger partial charge on any atom is -0.371 e. The predicted octanol–water partition coefficient (Wildman–Crippen LogP) is 2.62. The predicted molar refractivity (Wildman–Crippen MR) is 105 cm³/mol. The van der Waals surface area contributed by atoms with Gasteiger partial charge in [0.15, 0.2) is 0 Å². The third kappa shape index (κ3) is 3.86. The molecule has 0 saturated heterocycles. The van der Waals surface area contributed by atoms with Crippen LogP contribution < -0.4 is 10.6 Å². The van der Waals surface area contributed by atoms with Crippen LogP contribution in [0.5, 0.6) is 0 Å². The van der Waals surface area contributed by atoms with Crippen LogP contribution in [0.2, 0.25) is 0 Å². The molecule has 1 aliphatic rings. The molecule has 0 radical (unpaired) electrons. The number of hydrogen-bond donors (Lipinski definition) is 2. The molecule has 2 heterocycles. The standard InChI is InChI=1S/C20H22N6O2/c1-13-7-8-15(19-23-25-26(2)24-19)11-17(13)22-20(27)21-12-18-16-6-4-3-5-14(16)9-10-28-18/h3-8,11,18H,9-10,12H2,1-2H3,(H2,21,22,27)/t18-/m1/s1. The van der Waals surface area contributed by atoms with E-state index in [0.717, 1.165) is 23.1 Å². The molecule has 2 N–H and O–H groups in total. The van der Waals surface area contributed by atoms with Crippen molar-refractivity contribution in [2.24, 2.45) is 7.05 Å². The lowest BCUT2D eigenvalue weighted by Gasteiger charge is -2.26. The number of carbonyl (C=O) groups is 1. The summed E-state index contributed by atoms with van der Waals surface area (Å²) < 4.78 is 5.84. The van der Waals surface area contributed by atoms with E-state index in [0.29, 0.717) is 24.7 Å². The highest BCUT2D eigenvalue weighted by Gasteiger charge is 2.21. The lowest BCUT2D eigenvalue weighted by atomic mass is 9.98. The van der Waals surface area contributed by atoms with Crippen LogP contribution in [0, 0.1) is 6.92 Å². The first kappa shape index (κ1) is 18.1. The molecule has 0 bridgehead atoms. The molecule has 2 aromatic carbocycles. The van der Waals surface area contributed by atoms with Gasteiger partial charge in [-0.3, -0.25) is 0 Å². The average molecular weight is 378 g/mol. The zero-order valence-electron chi connectivity index (χ0n) is 15.8. The quantitative estimate of drug-likeness (QED) is 0.728. The molecule has 0 spiro atoms. The lowest BCUT2D eigenvalue weighted by molar-refractivity contribution is 0.0444. The van der Waals surface area contributed by atoms with Crippen LogP contribution in [0.4, 0.5) is 10.5 Å². The van der Waals surface area contributed by atoms with Crippen molar-refractivity contribution in [1.82, 2.24) is 25.5 Å². The zero-order chi connectivity index (χ0) is 19.5. The fourth-order valence-electron chi connectivity index (χ4n) is 3.29. The van der Waals surface area contributed by atoms with E-state index in [1.54, 1.807) is 7.05 Å². The van der Waals surface area contributed by atoms with Crippen LogP contribution in [0.3, 0.4) is 0 Å². The fourth-order valence-corrected chi connectivity index (χ4v) is 3.29. The molecule has 1 aromatic heterocycles. The van der Waals surface area contributed by atoms with Crippen molar-refractivity contribution in [2.45, 2.75) is 19.4 Å². The van der Waals surface area contributed by atoms with Crippen molar-refractivity contribution < 1.29 is 9.53 Å². The van der Waals surface area contributed by atoms with Crippen LogP contribution in [-0.4, -0.2) is 39.4 Å². The van der Waals surface area contributed by atoms with Crippen molar-refractivity contribution in [2.75, 3.05) is 18.5 Å². The van der Waals surface area contributed by atoms with E-state index in [9.17, 15) is 4.79 Å². The number of aryl methyl sites for hydroxylation is 2. The summed E-state index contributed by atoms with van der Waals surface area (Å²) >= 11 is 0. The molecule has 0 unspecified atom stereocenters. The Bertz CT molecular complexity index is 1000. The van der Waals surface area contributed by atoms with Crippen LogP contribution in [0.25, 0.3) is 11.4 Å². The van der Waals surface area contributed by atoms with E-state index in [1.165, 1.54) is 10.4 Å². The number of nitrogens with zero attached hydrogens (tertiary/aromatic N) is 4. The van der Waals surface area contributed by atoms with Crippen LogP contribution in [0.1, 0.15) is 22.8 Å². The van der Waals surface area contributed by atoms with Crippen molar-refractivity contribution >= 4 is 11.7 Å². The summed E-state index contributed by atoms with van der Waals surface area (Å²) in [7, 11) is 1.71. The van der Waals surface area contributed by atoms with Crippen LogP contribution >= 0.6 is 0 Å². The van der Waals surface area contributed by atoms with Gasteiger partial charge in [-0.05, 0) is 41.3 Å². The number of fused-ring (bicyclic) bond motifs is 1. The van der Waals surface area contributed by atoms with Gasteiger partial charge in [0.05, 0.1) is 13.7 Å². The summed E-state index contributed by atoms with van der Waals surface area (Å²) in [6.45, 7) is 3.01. The Labute approximate surface area is 162 Å². The summed E-state index contributed by atoms with van der Waals surface area (Å²) in [6.07, 6.45) is 0.772. The number of rotatable bonds is 4. The molecular weight excluding hydrogens is 356 g/mol. The highest BCUT2D eigenvalue weighted by Crippen LogP contribution is 2.26. The van der Waals surface area contributed by atoms with Crippen molar-refractivity contribution in [3.63, 3.8) is 0 Å². The second-order valence-corrected chi connectivity index (χ2v) is 6.78. The second-order valence-electron chi connectivity index (χ2n) is 6.78. The Morgan fingerprint density at radius 2 is 2.14 bits per heavy atom. The number of aromatic nitrogens is 4. The Balaban J connectivity index is 1.42. The van der Waals surface area contributed by atoms with Gasteiger partial charge >= 0.3 is 6.03 Å². The number of tetrazole rings is 1. The molecular formula is C20H22N6O2. The summed E-state index contributed by atoms with van der Waals surface area (Å²) in [4.78, 5) is 13.8. The van der Waals surface area contributed by atoms with E-state index in [2.05, 4.69) is 38.2 Å². The summed E-state index contributed by atoms with van der Waals surface area (Å²) in [5, 5.41) is 17.9. The van der Waals surface area contributed by atoms with Gasteiger partial charge in [0, 0.05) is 17.8 Å². The molecule has 1 atom stereocenters. The SMILES string of the molecule is Cc1ccc(-c2nnn(C)n2)cc1NC(=O)NC[C@H]1OCCc2ccccc21. The molecule has 8 nitrogen and oxygen atoms in total. The van der Waals surface area contributed by atoms with Crippen LogP contribution in [-0.2, 0) is 18.2 Å². The smallest absolute Gasteiger partial charge is 0.319 e. The van der Waals surface area contributed by atoms with Gasteiger partial charge < -0.3 is 15.4 Å². The number of nitrogens with one attached hydrogen (secondary N) is 2. The van der Waals surface area contributed by atoms with Gasteiger partial charge in [-0.1, -0.05) is 36.4 Å². The van der Waals surface area contributed by atoms with E-state index >= 15 is 0 Å². The Morgan fingerprint density at radius 1 is 1.29 bits per heavy atom. The maximum absolute atomic E-state index is 12.4. The van der Waals surface area contributed by atoms with Gasteiger partial charge in [-0.2, -0.15) is 4.80 Å². The summed E-state index contributed by atoms with van der Waals surface area (Å²) in [5.41, 5.74) is 4.86. The van der Waals surface area contributed by atoms with E-state index in [-0.39, 0.29) is 12.1 Å². The fraction of sp³-hybridized carbons (Fsp3) is 0.300. The second kappa shape index (κ2) is 7.77. The van der Waals surface area contributed by atoms with Crippen molar-refractivity contribution in [3.05, 3.63) is 59.2 Å². The molecule has 1 aliphatic heterocycles. The maximum Gasteiger partial charge on any atom is 0.319 e. The number of benzene rings is 2. The number of anilines is 1. The molecule has 28 heavy (non-hydrogen) atoms. The molecule has 0 fully saturated rings. The topological polar surface area (TPSA) is 94.0 Å². The summed E-state index contributed by atoms with van der Waals surface area (Å²) in [5.74, 6) is 0.512. The highest BCUT2D eigenvalue weighted by molar-refractivity contribution is 5.90. The molecule has 2 amide bonds. The minimum atomic E-state index is -0.279. The van der Waals surface area contributed by atoms with E-state index in [4.69, 9.17) is 4.74 Å². The molecule has 4 rings (SSSR count). The largest absolute Gasteiger partial charge is 0.371 e. The first-order valence-corrected chi connectivity index (χ1v) is 9.19. The first-order valence-electron chi connectivity index (χ1n) is 9.19. The van der Waals surface area contributed by atoms with Crippen LogP contribution in [0.15, 0.2) is 42.5 Å². The number of urea groups is 1. The Hall–Kier alpha value is -3.26. The Morgan fingerprint density at radius 3 is 2.96 bits per heavy atom. The third-order valence-electron chi connectivity index (χ3n) is 4.79. The third-order valence-corrected chi connectivity index (χ3v) is 4.79. The van der Waals surface area contributed by atoms with E-state index < -0.39 is 0 Å². The molecule has 0 aliphatic carbocycles. The number of amides is 2. The normalized spacial score (nSPS) is 15.7. The van der Waals surface area contributed by atoms with Gasteiger partial charge in [0.2, 0.25) is 5.82 Å². The first-order chi connectivity index (χ1) is 13.6. The molecule has 3 aromatic rings. The summed E-state index contributed by atoms with van der Waals surface area (Å²) in [6, 6.07) is 13.6. The average Bonchev–Trinajstić information content (AvgIpc) is 3.14. The maximum atomic E-state index is 12.4. The van der Waals surface area contributed by atoms with Gasteiger partial charge in [-0.25, -0.2) is 4.79 Å². The number of hydrogen-bond acceptors (Lipinski definition) is 5. The Kier molecular flexibility index (Phi) is 5.03. The van der Waals surface area contributed by atoms with Gasteiger partial charge in [0.25, 0.3) is 0 Å². The van der Waals surface area contributed by atoms with Crippen molar-refractivity contribution in [3.8, 4) is 11.4 Å². The van der Waals surface area contributed by atoms with Gasteiger partial charge in [-0.15, -0.1) is 10.2 Å². The minimum absolute atomic E-state index is 0.132. The zero-order valence-corrected chi connectivity index (χ0v) is 15.8. The highest BCUT2D eigenvalue weighted by atomic mass is 16.5. The van der Waals surface area contributed by atoms with Gasteiger partial charge in [0.1, 0.15) is 6.10 Å². The molecule has 144 valence electrons.